The van der Waals surface area contributed by atoms with Gasteiger partial charge in [0, 0.05) is 6.20 Å². The van der Waals surface area contributed by atoms with E-state index in [2.05, 4.69) is 4.98 Å². The van der Waals surface area contributed by atoms with E-state index < -0.39 is 17.0 Å². The minimum atomic E-state index is -0.724. The molecule has 6 heteroatoms. The first-order valence-corrected chi connectivity index (χ1v) is 7.02. The lowest BCUT2D eigenvalue weighted by atomic mass is 10.1. The first-order chi connectivity index (χ1) is 9.68. The smallest absolute Gasteiger partial charge is 0.239 e. The normalized spacial score (nSPS) is 18.6. The van der Waals surface area contributed by atoms with Gasteiger partial charge in [0.25, 0.3) is 0 Å². The van der Waals surface area contributed by atoms with Crippen LogP contribution in [0.5, 0.6) is 0 Å². The number of benzene rings is 1. The number of hydrogen-bond donors (Lipinski definition) is 0. The van der Waals surface area contributed by atoms with Crippen LogP contribution in [0.1, 0.15) is 10.9 Å². The fourth-order valence-corrected chi connectivity index (χ4v) is 3.33. The highest BCUT2D eigenvalue weighted by atomic mass is 32.2. The molecule has 0 N–H and O–H groups in total. The van der Waals surface area contributed by atoms with Gasteiger partial charge in [-0.1, -0.05) is 12.1 Å². The van der Waals surface area contributed by atoms with Crippen molar-refractivity contribution in [1.29, 1.82) is 0 Å². The number of aromatic nitrogens is 1. The average molecular weight is 292 g/mol. The van der Waals surface area contributed by atoms with Crippen molar-refractivity contribution in [2.45, 2.75) is 5.37 Å². The van der Waals surface area contributed by atoms with Crippen molar-refractivity contribution < 1.29 is 13.6 Å². The zero-order valence-electron chi connectivity index (χ0n) is 10.3. The van der Waals surface area contributed by atoms with Crippen LogP contribution in [0, 0.1) is 11.6 Å². The van der Waals surface area contributed by atoms with E-state index in [-0.39, 0.29) is 17.2 Å². The molecule has 0 radical (unpaired) electrons. The predicted molar refractivity (Wildman–Crippen MR) is 73.3 cm³/mol. The summed E-state index contributed by atoms with van der Waals surface area (Å²) in [5.41, 5.74) is -0.103. The van der Waals surface area contributed by atoms with E-state index in [0.29, 0.717) is 5.82 Å². The number of hydrogen-bond acceptors (Lipinski definition) is 3. The summed E-state index contributed by atoms with van der Waals surface area (Å²) in [6.45, 7) is 0. The molecule has 1 fully saturated rings. The number of halogens is 2. The maximum Gasteiger partial charge on any atom is 0.239 e. The Morgan fingerprint density at radius 2 is 1.90 bits per heavy atom. The Kier molecular flexibility index (Phi) is 3.40. The van der Waals surface area contributed by atoms with Gasteiger partial charge in [0.05, 0.1) is 11.3 Å². The van der Waals surface area contributed by atoms with Crippen LogP contribution in [0.2, 0.25) is 0 Å². The van der Waals surface area contributed by atoms with Crippen molar-refractivity contribution in [3.8, 4) is 0 Å². The zero-order valence-corrected chi connectivity index (χ0v) is 11.1. The Balaban J connectivity index is 2.07. The molecular weight excluding hydrogens is 282 g/mol. The minimum absolute atomic E-state index is 0.103. The maximum absolute atomic E-state index is 13.9. The molecule has 1 aliphatic heterocycles. The largest absolute Gasteiger partial charge is 0.279 e. The van der Waals surface area contributed by atoms with Gasteiger partial charge < -0.3 is 0 Å². The summed E-state index contributed by atoms with van der Waals surface area (Å²) >= 11 is 1.19. The second-order valence-corrected chi connectivity index (χ2v) is 5.32. The Morgan fingerprint density at radius 3 is 2.55 bits per heavy atom. The van der Waals surface area contributed by atoms with Gasteiger partial charge >= 0.3 is 0 Å². The molecule has 0 saturated carbocycles. The van der Waals surface area contributed by atoms with Gasteiger partial charge in [0.1, 0.15) is 22.8 Å². The predicted octanol–water partition coefficient (Wildman–Crippen LogP) is 3.14. The fraction of sp³-hybridized carbons (Fsp3) is 0.143. The van der Waals surface area contributed by atoms with Crippen LogP contribution in [0.15, 0.2) is 42.6 Å². The lowest BCUT2D eigenvalue weighted by molar-refractivity contribution is -0.115. The quantitative estimate of drug-likeness (QED) is 0.852. The van der Waals surface area contributed by atoms with E-state index in [1.165, 1.54) is 34.9 Å². The van der Waals surface area contributed by atoms with Crippen molar-refractivity contribution in [1.82, 2.24) is 4.98 Å². The summed E-state index contributed by atoms with van der Waals surface area (Å²) in [5.74, 6) is -0.942. The highest BCUT2D eigenvalue weighted by Gasteiger charge is 2.37. The third-order valence-corrected chi connectivity index (χ3v) is 4.19. The number of anilines is 1. The second kappa shape index (κ2) is 5.20. The van der Waals surface area contributed by atoms with E-state index in [1.807, 2.05) is 0 Å². The van der Waals surface area contributed by atoms with E-state index in [1.54, 1.807) is 24.4 Å². The minimum Gasteiger partial charge on any atom is -0.279 e. The molecule has 1 aromatic heterocycles. The second-order valence-electron chi connectivity index (χ2n) is 4.25. The standard InChI is InChI=1S/C14H10F2N2OS/c15-9-4-3-5-10(16)13(9)14-18(12(19)8-20-14)11-6-1-2-7-17-11/h1-7,14H,8H2/t14-/m1/s1. The molecule has 1 amide bonds. The molecule has 1 aromatic carbocycles. The fourth-order valence-electron chi connectivity index (χ4n) is 2.13. The summed E-state index contributed by atoms with van der Waals surface area (Å²) in [4.78, 5) is 17.4. The van der Waals surface area contributed by atoms with Crippen LogP contribution in [-0.4, -0.2) is 16.6 Å². The summed E-state index contributed by atoms with van der Waals surface area (Å²) in [7, 11) is 0. The number of pyridine rings is 1. The van der Waals surface area contributed by atoms with Crippen LogP contribution in [0.25, 0.3) is 0 Å². The lowest BCUT2D eigenvalue weighted by Crippen LogP contribution is -2.29. The highest BCUT2D eigenvalue weighted by Crippen LogP contribution is 2.42. The van der Waals surface area contributed by atoms with Crippen molar-refractivity contribution in [3.05, 3.63) is 59.8 Å². The summed E-state index contributed by atoms with van der Waals surface area (Å²) in [6.07, 6.45) is 1.54. The number of amides is 1. The van der Waals surface area contributed by atoms with Gasteiger partial charge in [-0.3, -0.25) is 9.69 Å². The SMILES string of the molecule is O=C1CS[C@H](c2c(F)cccc2F)N1c1ccccn1. The van der Waals surface area contributed by atoms with Crippen molar-refractivity contribution >= 4 is 23.5 Å². The molecular formula is C14H10F2N2OS. The Labute approximate surface area is 118 Å². The van der Waals surface area contributed by atoms with Crippen LogP contribution >= 0.6 is 11.8 Å². The van der Waals surface area contributed by atoms with Crippen LogP contribution in [0.3, 0.4) is 0 Å². The molecule has 2 heterocycles. The molecule has 1 saturated heterocycles. The van der Waals surface area contributed by atoms with E-state index >= 15 is 0 Å². The van der Waals surface area contributed by atoms with Gasteiger partial charge in [-0.25, -0.2) is 13.8 Å². The molecule has 1 aliphatic rings. The molecule has 0 bridgehead atoms. The summed E-state index contributed by atoms with van der Waals surface area (Å²) in [6, 6.07) is 8.79. The van der Waals surface area contributed by atoms with Gasteiger partial charge in [-0.2, -0.15) is 0 Å². The Morgan fingerprint density at radius 1 is 1.15 bits per heavy atom. The van der Waals surface area contributed by atoms with E-state index in [0.717, 1.165) is 0 Å². The first kappa shape index (κ1) is 13.1. The monoisotopic (exact) mass is 292 g/mol. The molecule has 102 valence electrons. The van der Waals surface area contributed by atoms with Crippen molar-refractivity contribution in [2.24, 2.45) is 0 Å². The van der Waals surface area contributed by atoms with Gasteiger partial charge in [-0.05, 0) is 24.3 Å². The first-order valence-electron chi connectivity index (χ1n) is 5.97. The van der Waals surface area contributed by atoms with E-state index in [4.69, 9.17) is 0 Å². The lowest BCUT2D eigenvalue weighted by Gasteiger charge is -2.23. The average Bonchev–Trinajstić information content (AvgIpc) is 2.81. The van der Waals surface area contributed by atoms with Crippen molar-refractivity contribution in [3.63, 3.8) is 0 Å². The third-order valence-electron chi connectivity index (χ3n) is 3.01. The number of nitrogens with zero attached hydrogens (tertiary/aromatic N) is 2. The molecule has 3 rings (SSSR count). The zero-order chi connectivity index (χ0) is 14.1. The Bertz CT molecular complexity index is 631. The Hall–Kier alpha value is -1.95. The van der Waals surface area contributed by atoms with E-state index in [9.17, 15) is 13.6 Å². The molecule has 1 atom stereocenters. The number of thioether (sulfide) groups is 1. The van der Waals surface area contributed by atoms with Gasteiger partial charge in [-0.15, -0.1) is 11.8 Å². The molecule has 0 unspecified atom stereocenters. The molecule has 0 aliphatic carbocycles. The molecule has 0 spiro atoms. The molecule has 2 aromatic rings. The maximum atomic E-state index is 13.9. The van der Waals surface area contributed by atoms with Crippen LogP contribution in [0.4, 0.5) is 14.6 Å². The topological polar surface area (TPSA) is 33.2 Å². The van der Waals surface area contributed by atoms with Crippen LogP contribution < -0.4 is 4.90 Å². The van der Waals surface area contributed by atoms with Crippen LogP contribution in [-0.2, 0) is 4.79 Å². The highest BCUT2D eigenvalue weighted by molar-refractivity contribution is 8.00. The molecule has 3 nitrogen and oxygen atoms in total. The number of carbonyl (C=O) groups excluding carboxylic acids is 1. The third kappa shape index (κ3) is 2.16. The summed E-state index contributed by atoms with van der Waals surface area (Å²) < 4.78 is 27.8. The van der Waals surface area contributed by atoms with Crippen molar-refractivity contribution in [2.75, 3.05) is 10.7 Å². The molecule has 20 heavy (non-hydrogen) atoms. The summed E-state index contributed by atoms with van der Waals surface area (Å²) in [5, 5.41) is -0.724. The number of rotatable bonds is 2. The number of carbonyl (C=O) groups is 1. The van der Waals surface area contributed by atoms with Gasteiger partial charge in [0.15, 0.2) is 0 Å². The van der Waals surface area contributed by atoms with Gasteiger partial charge in [0.2, 0.25) is 5.91 Å².